The number of rotatable bonds is 6. The number of carbonyl (C=O) groups is 2. The van der Waals surface area contributed by atoms with Crippen LogP contribution in [0, 0.1) is 45.3 Å². The molecule has 4 fully saturated rings. The highest BCUT2D eigenvalue weighted by atomic mass is 19.1. The van der Waals surface area contributed by atoms with Crippen LogP contribution in [-0.2, 0) is 20.7 Å². The average Bonchev–Trinajstić information content (AvgIpc) is 3.43. The summed E-state index contributed by atoms with van der Waals surface area (Å²) in [4.78, 5) is 28.3. The minimum absolute atomic E-state index is 0.0162. The first kappa shape index (κ1) is 28.2. The third kappa shape index (κ3) is 3.84. The number of aliphatic hydroxyl groups is 1. The Morgan fingerprint density at radius 1 is 1.22 bits per heavy atom. The number of fused-ring (bicyclic) bond motifs is 7. The average molecular weight is 565 g/mol. The Kier molecular flexibility index (Phi) is 6.78. The van der Waals surface area contributed by atoms with E-state index < -0.39 is 46.1 Å². The van der Waals surface area contributed by atoms with Gasteiger partial charge in [-0.2, -0.15) is 5.26 Å². The Bertz CT molecular complexity index is 1340. The van der Waals surface area contributed by atoms with E-state index in [9.17, 15) is 20.0 Å². The molecule has 9 atom stereocenters. The number of aliphatic hydroxyl groups excluding tert-OH is 1. The van der Waals surface area contributed by atoms with Gasteiger partial charge in [0.15, 0.2) is 18.1 Å². The van der Waals surface area contributed by atoms with E-state index >= 15 is 8.78 Å². The molecule has 1 heterocycles. The minimum atomic E-state index is -2.19. The first-order valence-corrected chi connectivity index (χ1v) is 14.8. The van der Waals surface area contributed by atoms with Crippen LogP contribution in [0.2, 0.25) is 0 Å². The molecule has 1 saturated heterocycles. The van der Waals surface area contributed by atoms with Crippen molar-refractivity contribution in [2.24, 2.45) is 34.0 Å². The Balaban J connectivity index is 1.33. The van der Waals surface area contributed by atoms with Crippen molar-refractivity contribution in [3.63, 3.8) is 0 Å². The summed E-state index contributed by atoms with van der Waals surface area (Å²) in [6.07, 6.45) is 3.11. The lowest BCUT2D eigenvalue weighted by Crippen LogP contribution is -2.69. The predicted octanol–water partition coefficient (Wildman–Crippen LogP) is 4.53. The van der Waals surface area contributed by atoms with Gasteiger partial charge in [0, 0.05) is 24.4 Å². The van der Waals surface area contributed by atoms with Crippen LogP contribution in [0.25, 0.3) is 0 Å². The quantitative estimate of drug-likeness (QED) is 0.511. The Morgan fingerprint density at radius 3 is 2.71 bits per heavy atom. The molecule has 0 unspecified atom stereocenters. The molecule has 5 aliphatic rings. The molecular weight excluding hydrogens is 526 g/mol. The summed E-state index contributed by atoms with van der Waals surface area (Å²) in [5, 5.41) is 20.9. The number of ether oxygens (including phenoxy) is 1. The molecule has 1 aromatic rings. The highest BCUT2D eigenvalue weighted by Gasteiger charge is 2.78. The summed E-state index contributed by atoms with van der Waals surface area (Å²) in [6, 6.07) is 12.1. The Morgan fingerprint density at radius 2 is 1.98 bits per heavy atom. The lowest BCUT2D eigenvalue weighted by molar-refractivity contribution is -0.216. The van der Waals surface area contributed by atoms with E-state index in [2.05, 4.69) is 17.0 Å². The van der Waals surface area contributed by atoms with Crippen LogP contribution >= 0.6 is 0 Å². The summed E-state index contributed by atoms with van der Waals surface area (Å²) >= 11 is 0. The monoisotopic (exact) mass is 564 g/mol. The lowest BCUT2D eigenvalue weighted by atomic mass is 9.43. The minimum Gasteiger partial charge on any atom is -0.450 e. The van der Waals surface area contributed by atoms with E-state index in [0.29, 0.717) is 19.5 Å². The molecular formula is C33H38F2N2O4. The van der Waals surface area contributed by atoms with Crippen molar-refractivity contribution in [1.82, 2.24) is 4.90 Å². The molecule has 6 nitrogen and oxygen atoms in total. The van der Waals surface area contributed by atoms with Crippen molar-refractivity contribution < 1.29 is 28.2 Å². The maximum Gasteiger partial charge on any atom is 0.315 e. The molecule has 8 heteroatoms. The van der Waals surface area contributed by atoms with Crippen molar-refractivity contribution in [3.8, 4) is 6.07 Å². The van der Waals surface area contributed by atoms with Gasteiger partial charge in [-0.1, -0.05) is 43.3 Å². The number of hydrogen-bond acceptors (Lipinski definition) is 6. The van der Waals surface area contributed by atoms with Gasteiger partial charge in [-0.05, 0) is 86.1 Å². The van der Waals surface area contributed by atoms with Crippen LogP contribution < -0.4 is 0 Å². The van der Waals surface area contributed by atoms with Gasteiger partial charge in [-0.3, -0.25) is 9.59 Å². The summed E-state index contributed by atoms with van der Waals surface area (Å²) in [5.41, 5.74) is -4.20. The first-order chi connectivity index (χ1) is 19.5. The number of aryl methyl sites for hydroxylation is 1. The van der Waals surface area contributed by atoms with Gasteiger partial charge in [0.25, 0.3) is 0 Å². The van der Waals surface area contributed by atoms with Crippen LogP contribution in [0.15, 0.2) is 54.1 Å². The number of nitrogens with zero attached hydrogens (tertiary/aromatic N) is 2. The number of nitriles is 1. The molecule has 41 heavy (non-hydrogen) atoms. The molecule has 1 N–H and O–H groups in total. The van der Waals surface area contributed by atoms with Crippen LogP contribution in [0.3, 0.4) is 0 Å². The van der Waals surface area contributed by atoms with Crippen molar-refractivity contribution in [1.29, 1.82) is 5.26 Å². The van der Waals surface area contributed by atoms with Crippen molar-refractivity contribution >= 4 is 11.8 Å². The van der Waals surface area contributed by atoms with E-state index in [1.165, 1.54) is 23.8 Å². The van der Waals surface area contributed by atoms with E-state index in [0.717, 1.165) is 19.4 Å². The summed E-state index contributed by atoms with van der Waals surface area (Å²) in [7, 11) is 0. The van der Waals surface area contributed by atoms with Crippen LogP contribution in [-0.4, -0.2) is 65.9 Å². The first-order valence-electron chi connectivity index (χ1n) is 14.8. The normalized spacial score (nSPS) is 42.9. The third-order valence-electron chi connectivity index (χ3n) is 11.6. The van der Waals surface area contributed by atoms with Gasteiger partial charge in [0.1, 0.15) is 12.2 Å². The molecule has 1 aliphatic heterocycles. The maximum absolute atomic E-state index is 17.6. The van der Waals surface area contributed by atoms with Gasteiger partial charge >= 0.3 is 5.97 Å². The lowest BCUT2D eigenvalue weighted by Gasteiger charge is -2.63. The second-order valence-electron chi connectivity index (χ2n) is 13.3. The molecule has 0 bridgehead atoms. The smallest absolute Gasteiger partial charge is 0.315 e. The fourth-order valence-electron chi connectivity index (χ4n) is 9.76. The largest absolute Gasteiger partial charge is 0.450 e. The fourth-order valence-corrected chi connectivity index (χ4v) is 9.76. The molecule has 0 aromatic heterocycles. The molecule has 4 aliphatic carbocycles. The zero-order valence-corrected chi connectivity index (χ0v) is 23.7. The molecule has 0 amide bonds. The van der Waals surface area contributed by atoms with Gasteiger partial charge in [0.05, 0.1) is 11.5 Å². The SMILES string of the molecule is C[C@]12C=CC(=O)C=C1[C@@H](F)C[C@H]1[C@@H]3C[C@H]4CN(CCCc5ccccc5)C[C@]4(C(=O)OCC#N)[C@@]3(C)C[C@H](O)[C@@]12F. The standard InChI is InChI=1S/C33H38F2N2O4/c1-30-11-10-23(38)16-26(30)27(34)17-25-24-15-22-19-37(13-6-9-21-7-4-3-5-8-21)20-32(22,29(40)41-14-12-36)31(24,2)18-28(39)33(25,30)35/h3-5,7-8,10-11,16,22,24-25,27-28,39H,6,9,13-15,17-20H2,1-2H3/t22-,24-,25-,27-,28-,30-,31-,32-,33-/m0/s1. The highest BCUT2D eigenvalue weighted by Crippen LogP contribution is 2.74. The number of allylic oxidation sites excluding steroid dienone is 4. The molecule has 3 saturated carbocycles. The number of halogens is 2. The second kappa shape index (κ2) is 9.84. The van der Waals surface area contributed by atoms with Crippen LogP contribution in [0.5, 0.6) is 0 Å². The number of esters is 1. The number of hydrogen-bond donors (Lipinski definition) is 1. The zero-order valence-electron chi connectivity index (χ0n) is 23.7. The van der Waals surface area contributed by atoms with Crippen LogP contribution in [0.4, 0.5) is 8.78 Å². The predicted molar refractivity (Wildman–Crippen MR) is 148 cm³/mol. The fraction of sp³-hybridized carbons (Fsp3) is 0.606. The Hall–Kier alpha value is -2.89. The van der Waals surface area contributed by atoms with Gasteiger partial charge in [-0.15, -0.1) is 0 Å². The van der Waals surface area contributed by atoms with Gasteiger partial charge in [0.2, 0.25) is 0 Å². The van der Waals surface area contributed by atoms with Gasteiger partial charge < -0.3 is 14.7 Å². The van der Waals surface area contributed by atoms with Crippen molar-refractivity contribution in [2.45, 2.75) is 63.9 Å². The number of alkyl halides is 2. The third-order valence-corrected chi connectivity index (χ3v) is 11.6. The number of carbonyl (C=O) groups excluding carboxylic acids is 2. The van der Waals surface area contributed by atoms with Crippen molar-refractivity contribution in [2.75, 3.05) is 26.2 Å². The van der Waals surface area contributed by atoms with E-state index in [1.807, 2.05) is 31.2 Å². The topological polar surface area (TPSA) is 90.6 Å². The molecule has 6 rings (SSSR count). The second-order valence-corrected chi connectivity index (χ2v) is 13.3. The summed E-state index contributed by atoms with van der Waals surface area (Å²) in [5.74, 6) is -2.23. The highest BCUT2D eigenvalue weighted by molar-refractivity contribution is 6.01. The van der Waals surface area contributed by atoms with Crippen LogP contribution in [0.1, 0.15) is 45.1 Å². The summed E-state index contributed by atoms with van der Waals surface area (Å²) < 4.78 is 38.9. The molecule has 0 spiro atoms. The summed E-state index contributed by atoms with van der Waals surface area (Å²) in [6.45, 7) is 4.96. The number of likely N-dealkylation sites (tertiary alicyclic amines) is 1. The van der Waals surface area contributed by atoms with E-state index in [4.69, 9.17) is 4.74 Å². The maximum atomic E-state index is 17.6. The van der Waals surface area contributed by atoms with E-state index in [-0.39, 0.29) is 42.6 Å². The molecule has 1 aromatic carbocycles. The van der Waals surface area contributed by atoms with Gasteiger partial charge in [-0.25, -0.2) is 8.78 Å². The number of benzene rings is 1. The van der Waals surface area contributed by atoms with Crippen molar-refractivity contribution in [3.05, 3.63) is 59.7 Å². The zero-order chi connectivity index (χ0) is 29.2. The molecule has 0 radical (unpaired) electrons. The van der Waals surface area contributed by atoms with E-state index in [1.54, 1.807) is 6.92 Å². The molecule has 218 valence electrons. The number of ketones is 1. The Labute approximate surface area is 240 Å².